The lowest BCUT2D eigenvalue weighted by Gasteiger charge is -2.25. The van der Waals surface area contributed by atoms with Crippen molar-refractivity contribution in [2.24, 2.45) is 5.92 Å². The van der Waals surface area contributed by atoms with Gasteiger partial charge in [-0.3, -0.25) is 0 Å². The summed E-state index contributed by atoms with van der Waals surface area (Å²) in [5.74, 6) is 1.65. The van der Waals surface area contributed by atoms with Crippen LogP contribution in [0.1, 0.15) is 25.7 Å². The molecule has 1 aromatic heterocycles. The molecule has 0 bridgehead atoms. The van der Waals surface area contributed by atoms with Crippen LogP contribution in [0.4, 0.5) is 5.82 Å². The normalized spacial score (nSPS) is 23.4. The van der Waals surface area contributed by atoms with Gasteiger partial charge in [0, 0.05) is 17.3 Å². The van der Waals surface area contributed by atoms with Crippen LogP contribution in [0, 0.1) is 5.92 Å². The van der Waals surface area contributed by atoms with E-state index in [1.54, 1.807) is 6.33 Å². The van der Waals surface area contributed by atoms with E-state index in [1.807, 2.05) is 18.2 Å². The molecular weight excluding hydrogens is 258 g/mol. The van der Waals surface area contributed by atoms with Crippen LogP contribution in [0.15, 0.2) is 30.6 Å². The molecule has 100 valence electrons. The molecule has 0 unspecified atom stereocenters. The highest BCUT2D eigenvalue weighted by atomic mass is 35.5. The fraction of sp³-hybridized carbons (Fsp3) is 0.467. The highest BCUT2D eigenvalue weighted by Crippen LogP contribution is 2.28. The molecule has 1 heterocycles. The summed E-state index contributed by atoms with van der Waals surface area (Å²) in [6.07, 6.45) is 6.32. The van der Waals surface area contributed by atoms with E-state index in [0.29, 0.717) is 11.3 Å². The zero-order chi connectivity index (χ0) is 13.1. The van der Waals surface area contributed by atoms with Gasteiger partial charge in [-0.1, -0.05) is 12.1 Å². The lowest BCUT2D eigenvalue weighted by Crippen LogP contribution is -2.21. The summed E-state index contributed by atoms with van der Waals surface area (Å²) >= 11 is 6.14. The first kappa shape index (κ1) is 12.7. The standard InChI is InChI=1S/C15H18ClN3/c16-12-7-5-11(6-8-12)9-17-15-13-3-1-2-4-14(13)18-10-19-15/h1-4,10-12H,5-9H2,(H,17,18,19). The third-order valence-electron chi connectivity index (χ3n) is 3.88. The first-order valence-corrected chi connectivity index (χ1v) is 7.34. The molecule has 2 aromatic rings. The number of hydrogen-bond acceptors (Lipinski definition) is 3. The Morgan fingerprint density at radius 3 is 2.74 bits per heavy atom. The Morgan fingerprint density at radius 1 is 1.11 bits per heavy atom. The van der Waals surface area contributed by atoms with Crippen molar-refractivity contribution in [1.29, 1.82) is 0 Å². The molecule has 1 aliphatic rings. The molecule has 1 fully saturated rings. The number of fused-ring (bicyclic) bond motifs is 1. The number of alkyl halides is 1. The van der Waals surface area contributed by atoms with Crippen LogP contribution in [0.25, 0.3) is 10.9 Å². The van der Waals surface area contributed by atoms with E-state index in [4.69, 9.17) is 11.6 Å². The van der Waals surface area contributed by atoms with Gasteiger partial charge >= 0.3 is 0 Å². The number of anilines is 1. The van der Waals surface area contributed by atoms with Gasteiger partial charge < -0.3 is 5.32 Å². The van der Waals surface area contributed by atoms with Gasteiger partial charge in [0.05, 0.1) is 5.52 Å². The Hall–Kier alpha value is -1.35. The predicted molar refractivity (Wildman–Crippen MR) is 79.6 cm³/mol. The molecule has 3 rings (SSSR count). The molecular formula is C15H18ClN3. The molecule has 1 saturated carbocycles. The summed E-state index contributed by atoms with van der Waals surface area (Å²) < 4.78 is 0. The smallest absolute Gasteiger partial charge is 0.137 e. The Labute approximate surface area is 118 Å². The van der Waals surface area contributed by atoms with Gasteiger partial charge in [-0.25, -0.2) is 9.97 Å². The zero-order valence-electron chi connectivity index (χ0n) is 10.8. The fourth-order valence-electron chi connectivity index (χ4n) is 2.71. The van der Waals surface area contributed by atoms with Crippen molar-refractivity contribution in [3.8, 4) is 0 Å². The Kier molecular flexibility index (Phi) is 3.83. The van der Waals surface area contributed by atoms with Gasteiger partial charge in [-0.05, 0) is 43.7 Å². The third-order valence-corrected chi connectivity index (χ3v) is 4.31. The van der Waals surface area contributed by atoms with Gasteiger partial charge in [-0.15, -0.1) is 11.6 Å². The summed E-state index contributed by atoms with van der Waals surface area (Å²) in [7, 11) is 0. The second-order valence-corrected chi connectivity index (χ2v) is 5.86. The molecule has 1 N–H and O–H groups in total. The summed E-state index contributed by atoms with van der Waals surface area (Å²) in [5.41, 5.74) is 0.990. The minimum Gasteiger partial charge on any atom is -0.369 e. The molecule has 0 radical (unpaired) electrons. The number of hydrogen-bond donors (Lipinski definition) is 1. The number of nitrogens with one attached hydrogen (secondary N) is 1. The average Bonchev–Trinajstić information content (AvgIpc) is 2.47. The number of aromatic nitrogens is 2. The molecule has 0 saturated heterocycles. The fourth-order valence-corrected chi connectivity index (χ4v) is 2.96. The van der Waals surface area contributed by atoms with Crippen molar-refractivity contribution in [3.63, 3.8) is 0 Å². The summed E-state index contributed by atoms with van der Waals surface area (Å²) in [4.78, 5) is 8.64. The van der Waals surface area contributed by atoms with E-state index in [0.717, 1.165) is 36.1 Å². The number of rotatable bonds is 3. The van der Waals surface area contributed by atoms with Crippen molar-refractivity contribution in [3.05, 3.63) is 30.6 Å². The lowest BCUT2D eigenvalue weighted by atomic mass is 9.89. The van der Waals surface area contributed by atoms with E-state index >= 15 is 0 Å². The van der Waals surface area contributed by atoms with Crippen LogP contribution in [0.5, 0.6) is 0 Å². The van der Waals surface area contributed by atoms with E-state index in [9.17, 15) is 0 Å². The van der Waals surface area contributed by atoms with Crippen LogP contribution in [0.3, 0.4) is 0 Å². The number of halogens is 1. The number of benzene rings is 1. The van der Waals surface area contributed by atoms with Crippen LogP contribution in [0.2, 0.25) is 0 Å². The maximum atomic E-state index is 6.14. The third kappa shape index (κ3) is 2.98. The van der Waals surface area contributed by atoms with Gasteiger partial charge in [0.25, 0.3) is 0 Å². The maximum absolute atomic E-state index is 6.14. The molecule has 0 amide bonds. The van der Waals surface area contributed by atoms with Crippen LogP contribution in [-0.2, 0) is 0 Å². The SMILES string of the molecule is ClC1CCC(CNc2ncnc3ccccc23)CC1. The monoisotopic (exact) mass is 275 g/mol. The van der Waals surface area contributed by atoms with Crippen LogP contribution in [-0.4, -0.2) is 21.9 Å². The average molecular weight is 276 g/mol. The highest BCUT2D eigenvalue weighted by Gasteiger charge is 2.19. The summed E-state index contributed by atoms with van der Waals surface area (Å²) in [5, 5.41) is 4.96. The Morgan fingerprint density at radius 2 is 1.89 bits per heavy atom. The molecule has 1 aromatic carbocycles. The Bertz CT molecular complexity index is 545. The largest absolute Gasteiger partial charge is 0.369 e. The first-order chi connectivity index (χ1) is 9.33. The lowest BCUT2D eigenvalue weighted by molar-refractivity contribution is 0.378. The van der Waals surface area contributed by atoms with E-state index in [-0.39, 0.29) is 0 Å². The van der Waals surface area contributed by atoms with Crippen molar-refractivity contribution < 1.29 is 0 Å². The molecule has 3 nitrogen and oxygen atoms in total. The van der Waals surface area contributed by atoms with Crippen LogP contribution >= 0.6 is 11.6 Å². The maximum Gasteiger partial charge on any atom is 0.137 e. The molecule has 0 spiro atoms. The van der Waals surface area contributed by atoms with Crippen LogP contribution < -0.4 is 5.32 Å². The van der Waals surface area contributed by atoms with Crippen molar-refractivity contribution >= 4 is 28.3 Å². The zero-order valence-corrected chi connectivity index (χ0v) is 11.6. The van der Waals surface area contributed by atoms with E-state index in [1.165, 1.54) is 12.8 Å². The molecule has 0 atom stereocenters. The van der Waals surface area contributed by atoms with Gasteiger partial charge in [0.2, 0.25) is 0 Å². The van der Waals surface area contributed by atoms with E-state index < -0.39 is 0 Å². The molecule has 0 aliphatic heterocycles. The highest BCUT2D eigenvalue weighted by molar-refractivity contribution is 6.20. The van der Waals surface area contributed by atoms with Crippen molar-refractivity contribution in [2.75, 3.05) is 11.9 Å². The minimum atomic E-state index is 0.385. The molecule has 4 heteroatoms. The second-order valence-electron chi connectivity index (χ2n) is 5.24. The second kappa shape index (κ2) is 5.74. The van der Waals surface area contributed by atoms with Crippen molar-refractivity contribution in [1.82, 2.24) is 9.97 Å². The molecule has 19 heavy (non-hydrogen) atoms. The van der Waals surface area contributed by atoms with Gasteiger partial charge in [0.1, 0.15) is 12.1 Å². The first-order valence-electron chi connectivity index (χ1n) is 6.90. The minimum absolute atomic E-state index is 0.385. The molecule has 1 aliphatic carbocycles. The Balaban J connectivity index is 1.68. The summed E-state index contributed by atoms with van der Waals surface area (Å²) in [6, 6.07) is 8.10. The number of para-hydroxylation sites is 1. The van der Waals surface area contributed by atoms with Gasteiger partial charge in [0.15, 0.2) is 0 Å². The van der Waals surface area contributed by atoms with Gasteiger partial charge in [-0.2, -0.15) is 0 Å². The topological polar surface area (TPSA) is 37.8 Å². The summed E-state index contributed by atoms with van der Waals surface area (Å²) in [6.45, 7) is 0.977. The quantitative estimate of drug-likeness (QED) is 0.865. The predicted octanol–water partition coefficient (Wildman–Crippen LogP) is 3.84. The van der Waals surface area contributed by atoms with E-state index in [2.05, 4.69) is 21.4 Å². The number of nitrogens with zero attached hydrogens (tertiary/aromatic N) is 2. The van der Waals surface area contributed by atoms with Crippen molar-refractivity contribution in [2.45, 2.75) is 31.1 Å².